The first-order valence-corrected chi connectivity index (χ1v) is 8.27. The van der Waals surface area contributed by atoms with Crippen molar-refractivity contribution < 1.29 is 19.1 Å². The van der Waals surface area contributed by atoms with Crippen LogP contribution in [0.1, 0.15) is 23.1 Å². The van der Waals surface area contributed by atoms with Crippen molar-refractivity contribution in [2.24, 2.45) is 0 Å². The molecular formula is C20H24N2O4. The summed E-state index contributed by atoms with van der Waals surface area (Å²) in [6.07, 6.45) is -0.236. The maximum Gasteiger partial charge on any atom is 0.233 e. The van der Waals surface area contributed by atoms with Gasteiger partial charge in [0, 0.05) is 12.2 Å². The third kappa shape index (κ3) is 5.24. The molecule has 0 atom stereocenters. The zero-order chi connectivity index (χ0) is 19.1. The fourth-order valence-electron chi connectivity index (χ4n) is 2.55. The van der Waals surface area contributed by atoms with E-state index in [2.05, 4.69) is 10.6 Å². The molecule has 0 spiro atoms. The third-order valence-electron chi connectivity index (χ3n) is 3.91. The Hall–Kier alpha value is -3.02. The Labute approximate surface area is 153 Å². The largest absolute Gasteiger partial charge is 0.493 e. The summed E-state index contributed by atoms with van der Waals surface area (Å²) in [6, 6.07) is 11.1. The van der Waals surface area contributed by atoms with Crippen molar-refractivity contribution >= 4 is 17.5 Å². The highest BCUT2D eigenvalue weighted by molar-refractivity contribution is 6.03. The number of rotatable bonds is 7. The lowest BCUT2D eigenvalue weighted by Gasteiger charge is -2.11. The van der Waals surface area contributed by atoms with Crippen LogP contribution in [-0.4, -0.2) is 26.0 Å². The molecule has 0 saturated heterocycles. The van der Waals surface area contributed by atoms with Crippen LogP contribution in [0.5, 0.6) is 11.5 Å². The molecule has 6 nitrogen and oxygen atoms in total. The van der Waals surface area contributed by atoms with Gasteiger partial charge in [0.25, 0.3) is 0 Å². The van der Waals surface area contributed by atoms with E-state index in [1.807, 2.05) is 38.1 Å². The lowest BCUT2D eigenvalue weighted by atomic mass is 10.1. The minimum atomic E-state index is -0.346. The summed E-state index contributed by atoms with van der Waals surface area (Å²) in [5.41, 5.74) is 3.65. The van der Waals surface area contributed by atoms with Crippen molar-refractivity contribution in [2.75, 3.05) is 19.5 Å². The van der Waals surface area contributed by atoms with Crippen molar-refractivity contribution in [1.29, 1.82) is 0 Å². The molecule has 0 saturated carbocycles. The zero-order valence-corrected chi connectivity index (χ0v) is 15.5. The summed E-state index contributed by atoms with van der Waals surface area (Å²) in [5, 5.41) is 5.50. The van der Waals surface area contributed by atoms with Gasteiger partial charge in [0.15, 0.2) is 11.5 Å². The van der Waals surface area contributed by atoms with Crippen molar-refractivity contribution in [1.82, 2.24) is 5.32 Å². The van der Waals surface area contributed by atoms with E-state index >= 15 is 0 Å². The fourth-order valence-corrected chi connectivity index (χ4v) is 2.55. The number of carbonyl (C=O) groups excluding carboxylic acids is 2. The van der Waals surface area contributed by atoms with Crippen LogP contribution in [0.25, 0.3) is 0 Å². The number of hydrogen-bond donors (Lipinski definition) is 2. The average Bonchev–Trinajstić information content (AvgIpc) is 2.62. The number of benzene rings is 2. The Morgan fingerprint density at radius 3 is 2.31 bits per heavy atom. The molecule has 0 aliphatic carbocycles. The first kappa shape index (κ1) is 19.3. The van der Waals surface area contributed by atoms with Gasteiger partial charge in [-0.2, -0.15) is 0 Å². The smallest absolute Gasteiger partial charge is 0.233 e. The van der Waals surface area contributed by atoms with E-state index in [4.69, 9.17) is 9.47 Å². The first-order chi connectivity index (χ1) is 12.4. The number of anilines is 1. The zero-order valence-electron chi connectivity index (χ0n) is 15.5. The van der Waals surface area contributed by atoms with Gasteiger partial charge < -0.3 is 20.1 Å². The number of ether oxygens (including phenoxy) is 2. The van der Waals surface area contributed by atoms with E-state index in [1.54, 1.807) is 26.4 Å². The highest BCUT2D eigenvalue weighted by Gasteiger charge is 2.11. The number of amides is 2. The maximum atomic E-state index is 12.0. The van der Waals surface area contributed by atoms with Gasteiger partial charge >= 0.3 is 0 Å². The van der Waals surface area contributed by atoms with Gasteiger partial charge in [-0.25, -0.2) is 0 Å². The Kier molecular flexibility index (Phi) is 6.60. The lowest BCUT2D eigenvalue weighted by Crippen LogP contribution is -2.27. The second kappa shape index (κ2) is 8.89. The Bertz CT molecular complexity index is 802. The topological polar surface area (TPSA) is 76.7 Å². The second-order valence-corrected chi connectivity index (χ2v) is 6.01. The fraction of sp³-hybridized carbons (Fsp3) is 0.300. The summed E-state index contributed by atoms with van der Waals surface area (Å²) < 4.78 is 10.4. The van der Waals surface area contributed by atoms with Crippen LogP contribution in [-0.2, 0) is 16.1 Å². The quantitative estimate of drug-likeness (QED) is 0.748. The van der Waals surface area contributed by atoms with Crippen LogP contribution in [0.15, 0.2) is 36.4 Å². The van der Waals surface area contributed by atoms with Gasteiger partial charge in [-0.3, -0.25) is 9.59 Å². The molecule has 0 bridgehead atoms. The molecule has 2 N–H and O–H groups in total. The van der Waals surface area contributed by atoms with Crippen LogP contribution >= 0.6 is 0 Å². The number of aryl methyl sites for hydroxylation is 2. The minimum absolute atomic E-state index is 0.236. The van der Waals surface area contributed by atoms with Gasteiger partial charge in [-0.1, -0.05) is 23.8 Å². The normalized spacial score (nSPS) is 10.2. The molecule has 2 rings (SSSR count). The molecule has 2 aromatic rings. The molecule has 138 valence electrons. The minimum Gasteiger partial charge on any atom is -0.493 e. The highest BCUT2D eigenvalue weighted by Crippen LogP contribution is 2.27. The number of nitrogens with one attached hydrogen (secondary N) is 2. The van der Waals surface area contributed by atoms with E-state index in [0.717, 1.165) is 16.7 Å². The van der Waals surface area contributed by atoms with Gasteiger partial charge in [0.05, 0.1) is 14.2 Å². The predicted molar refractivity (Wildman–Crippen MR) is 101 cm³/mol. The van der Waals surface area contributed by atoms with Crippen LogP contribution in [0.4, 0.5) is 5.69 Å². The molecule has 0 radical (unpaired) electrons. The number of carbonyl (C=O) groups is 2. The molecule has 0 aliphatic rings. The predicted octanol–water partition coefficient (Wildman–Crippen LogP) is 2.97. The van der Waals surface area contributed by atoms with E-state index in [1.165, 1.54) is 0 Å². The van der Waals surface area contributed by atoms with E-state index in [-0.39, 0.29) is 18.2 Å². The molecule has 0 heterocycles. The van der Waals surface area contributed by atoms with Gasteiger partial charge in [0.1, 0.15) is 6.42 Å². The Balaban J connectivity index is 1.87. The SMILES string of the molecule is COc1ccc(CNC(=O)CC(=O)Nc2ccc(C)cc2C)cc1OC. The van der Waals surface area contributed by atoms with Crippen molar-refractivity contribution in [2.45, 2.75) is 26.8 Å². The Morgan fingerprint density at radius 1 is 0.923 bits per heavy atom. The number of hydrogen-bond acceptors (Lipinski definition) is 4. The van der Waals surface area contributed by atoms with Crippen molar-refractivity contribution in [3.05, 3.63) is 53.1 Å². The second-order valence-electron chi connectivity index (χ2n) is 6.01. The molecule has 0 unspecified atom stereocenters. The molecule has 2 amide bonds. The van der Waals surface area contributed by atoms with Crippen LogP contribution in [0, 0.1) is 13.8 Å². The molecule has 0 aliphatic heterocycles. The average molecular weight is 356 g/mol. The summed E-state index contributed by atoms with van der Waals surface area (Å²) in [4.78, 5) is 24.1. The van der Waals surface area contributed by atoms with Crippen LogP contribution in [0.2, 0.25) is 0 Å². The number of methoxy groups -OCH3 is 2. The summed E-state index contributed by atoms with van der Waals surface area (Å²) >= 11 is 0. The maximum absolute atomic E-state index is 12.0. The Morgan fingerprint density at radius 2 is 1.65 bits per heavy atom. The standard InChI is InChI=1S/C20H24N2O4/c1-13-5-7-16(14(2)9-13)22-20(24)11-19(23)21-12-15-6-8-17(25-3)18(10-15)26-4/h5-10H,11-12H2,1-4H3,(H,21,23)(H,22,24). The van der Waals surface area contributed by atoms with Gasteiger partial charge in [0.2, 0.25) is 11.8 Å². The van der Waals surface area contributed by atoms with E-state index in [0.29, 0.717) is 23.7 Å². The van der Waals surface area contributed by atoms with Crippen LogP contribution in [0.3, 0.4) is 0 Å². The molecule has 0 aromatic heterocycles. The van der Waals surface area contributed by atoms with E-state index in [9.17, 15) is 9.59 Å². The third-order valence-corrected chi connectivity index (χ3v) is 3.91. The molecule has 26 heavy (non-hydrogen) atoms. The summed E-state index contributed by atoms with van der Waals surface area (Å²) in [5.74, 6) is 0.520. The van der Waals surface area contributed by atoms with Crippen LogP contribution < -0.4 is 20.1 Å². The lowest BCUT2D eigenvalue weighted by molar-refractivity contribution is -0.126. The van der Waals surface area contributed by atoms with Crippen molar-refractivity contribution in [3.63, 3.8) is 0 Å². The molecular weight excluding hydrogens is 332 g/mol. The first-order valence-electron chi connectivity index (χ1n) is 8.27. The summed E-state index contributed by atoms with van der Waals surface area (Å²) in [7, 11) is 3.12. The molecule has 2 aromatic carbocycles. The summed E-state index contributed by atoms with van der Waals surface area (Å²) in [6.45, 7) is 4.20. The monoisotopic (exact) mass is 356 g/mol. The molecule has 6 heteroatoms. The molecule has 0 fully saturated rings. The van der Waals surface area contributed by atoms with Gasteiger partial charge in [-0.15, -0.1) is 0 Å². The van der Waals surface area contributed by atoms with Crippen molar-refractivity contribution in [3.8, 4) is 11.5 Å². The van der Waals surface area contributed by atoms with E-state index < -0.39 is 0 Å². The highest BCUT2D eigenvalue weighted by atomic mass is 16.5. The van der Waals surface area contributed by atoms with Gasteiger partial charge in [-0.05, 0) is 43.2 Å².